The van der Waals surface area contributed by atoms with Crippen molar-refractivity contribution in [3.63, 3.8) is 0 Å². The lowest BCUT2D eigenvalue weighted by Gasteiger charge is -2.19. The van der Waals surface area contributed by atoms with Gasteiger partial charge >= 0.3 is 5.97 Å². The van der Waals surface area contributed by atoms with Gasteiger partial charge in [-0.05, 0) is 24.3 Å². The number of hydrogen-bond donors (Lipinski definition) is 1. The largest absolute Gasteiger partial charge is 0.478 e. The van der Waals surface area contributed by atoms with Crippen LogP contribution in [0, 0.1) is 0 Å². The van der Waals surface area contributed by atoms with Gasteiger partial charge in [0.1, 0.15) is 11.4 Å². The number of rotatable bonds is 6. The average Bonchev–Trinajstić information content (AvgIpc) is 3.17. The van der Waals surface area contributed by atoms with Gasteiger partial charge in [0.05, 0.1) is 15.7 Å². The highest BCUT2D eigenvalue weighted by Crippen LogP contribution is 2.36. The number of pyridine rings is 1. The second kappa shape index (κ2) is 9.49. The Hall–Kier alpha value is -2.58. The first kappa shape index (κ1) is 22.1. The fraction of sp³-hybridized carbons (Fsp3) is 0.0526. The zero-order valence-corrected chi connectivity index (χ0v) is 17.8. The monoisotopic (exact) mass is 485 g/mol. The molecule has 3 aromatic rings. The van der Waals surface area contributed by atoms with Gasteiger partial charge < -0.3 is 9.63 Å². The summed E-state index contributed by atoms with van der Waals surface area (Å²) in [5, 5.41) is 13.6. The zero-order chi connectivity index (χ0) is 21.8. The Bertz CT molecular complexity index is 1110. The van der Waals surface area contributed by atoms with Gasteiger partial charge in [0.25, 0.3) is 5.91 Å². The third kappa shape index (κ3) is 4.94. The Balaban J connectivity index is 2.00. The summed E-state index contributed by atoms with van der Waals surface area (Å²) < 4.78 is 5.36. The van der Waals surface area contributed by atoms with E-state index < -0.39 is 16.7 Å². The fourth-order valence-corrected chi connectivity index (χ4v) is 3.29. The Labute approximate surface area is 190 Å². The molecule has 0 aliphatic heterocycles. The molecule has 1 N–H and O–H groups in total. The molecule has 3 rings (SSSR count). The van der Waals surface area contributed by atoms with E-state index in [1.165, 1.54) is 18.3 Å². The molecule has 2 aromatic heterocycles. The topological polar surface area (TPSA) is 96.5 Å². The van der Waals surface area contributed by atoms with Crippen molar-refractivity contribution in [2.45, 2.75) is 4.84 Å². The van der Waals surface area contributed by atoms with E-state index in [1.54, 1.807) is 24.3 Å². The number of alkyl halides is 2. The van der Waals surface area contributed by atoms with Crippen LogP contribution in [-0.2, 0) is 9.59 Å². The minimum atomic E-state index is -1.40. The van der Waals surface area contributed by atoms with Crippen molar-refractivity contribution >= 4 is 64.0 Å². The summed E-state index contributed by atoms with van der Waals surface area (Å²) in [4.78, 5) is 26.9. The van der Waals surface area contributed by atoms with Crippen LogP contribution < -0.4 is 4.90 Å². The lowest BCUT2D eigenvalue weighted by Crippen LogP contribution is -2.30. The first-order valence-corrected chi connectivity index (χ1v) is 9.80. The van der Waals surface area contributed by atoms with E-state index in [0.29, 0.717) is 27.0 Å². The van der Waals surface area contributed by atoms with Gasteiger partial charge in [0, 0.05) is 30.1 Å². The van der Waals surface area contributed by atoms with Crippen molar-refractivity contribution in [3.05, 3.63) is 64.9 Å². The average molecular weight is 487 g/mol. The van der Waals surface area contributed by atoms with Crippen molar-refractivity contribution in [1.29, 1.82) is 0 Å². The number of amides is 1. The molecule has 0 aliphatic rings. The first-order valence-electron chi connectivity index (χ1n) is 8.18. The smallest absolute Gasteiger partial charge is 0.329 e. The van der Waals surface area contributed by atoms with Gasteiger partial charge in [-0.1, -0.05) is 57.6 Å². The predicted octanol–water partition coefficient (Wildman–Crippen LogP) is 5.45. The van der Waals surface area contributed by atoms with Gasteiger partial charge in [0.15, 0.2) is 10.6 Å². The number of nitrogens with zero attached hydrogens (tertiary/aromatic N) is 3. The highest BCUT2D eigenvalue weighted by atomic mass is 35.5. The van der Waals surface area contributed by atoms with Gasteiger partial charge in [-0.25, -0.2) is 4.79 Å². The van der Waals surface area contributed by atoms with E-state index in [-0.39, 0.29) is 11.4 Å². The molecule has 154 valence electrons. The molecule has 11 heteroatoms. The van der Waals surface area contributed by atoms with Crippen LogP contribution in [0.4, 0.5) is 5.69 Å². The molecule has 0 unspecified atom stereocenters. The summed E-state index contributed by atoms with van der Waals surface area (Å²) in [5.74, 6) is -1.72. The van der Waals surface area contributed by atoms with Crippen molar-refractivity contribution in [2.24, 2.45) is 0 Å². The van der Waals surface area contributed by atoms with Crippen molar-refractivity contribution in [1.82, 2.24) is 10.1 Å². The number of carbonyl (C=O) groups is 2. The third-order valence-corrected chi connectivity index (χ3v) is 4.80. The van der Waals surface area contributed by atoms with Crippen LogP contribution in [0.15, 0.2) is 59.4 Å². The molecule has 0 fully saturated rings. The van der Waals surface area contributed by atoms with Crippen LogP contribution in [0.2, 0.25) is 10.0 Å². The van der Waals surface area contributed by atoms with Crippen LogP contribution >= 0.6 is 46.4 Å². The quantitative estimate of drug-likeness (QED) is 0.367. The number of carbonyl (C=O) groups excluding carboxylic acids is 1. The Morgan fingerprint density at radius 3 is 2.43 bits per heavy atom. The van der Waals surface area contributed by atoms with Gasteiger partial charge in [-0.3, -0.25) is 14.7 Å². The second-order valence-electron chi connectivity index (χ2n) is 5.74. The maximum absolute atomic E-state index is 12.3. The number of anilines is 1. The Morgan fingerprint density at radius 1 is 1.10 bits per heavy atom. The molecule has 0 bridgehead atoms. The SMILES string of the molecule is O=C(O)/C=C/N(C(=O)C(Cl)Cl)c1ccnc(-c2cc(-c3c(Cl)cccc3Cl)no2)c1. The number of aromatic nitrogens is 2. The normalized spacial score (nSPS) is 11.2. The molecule has 0 radical (unpaired) electrons. The summed E-state index contributed by atoms with van der Waals surface area (Å²) in [6, 6.07) is 9.60. The molecule has 0 aliphatic carbocycles. The number of carboxylic acids is 1. The molecule has 0 atom stereocenters. The highest BCUT2D eigenvalue weighted by molar-refractivity contribution is 6.54. The molecule has 1 amide bonds. The number of benzene rings is 1. The van der Waals surface area contributed by atoms with Crippen LogP contribution in [0.1, 0.15) is 0 Å². The van der Waals surface area contributed by atoms with E-state index in [9.17, 15) is 9.59 Å². The van der Waals surface area contributed by atoms with Crippen LogP contribution in [0.3, 0.4) is 0 Å². The van der Waals surface area contributed by atoms with E-state index in [2.05, 4.69) is 10.1 Å². The predicted molar refractivity (Wildman–Crippen MR) is 115 cm³/mol. The fourth-order valence-electron chi connectivity index (χ4n) is 2.49. The van der Waals surface area contributed by atoms with Gasteiger partial charge in [-0.15, -0.1) is 0 Å². The first-order chi connectivity index (χ1) is 14.3. The molecule has 0 saturated heterocycles. The highest BCUT2D eigenvalue weighted by Gasteiger charge is 2.22. The second-order valence-corrected chi connectivity index (χ2v) is 7.65. The zero-order valence-electron chi connectivity index (χ0n) is 14.8. The minimum Gasteiger partial charge on any atom is -0.478 e. The molecule has 7 nitrogen and oxygen atoms in total. The van der Waals surface area contributed by atoms with Gasteiger partial charge in [0.2, 0.25) is 0 Å². The molecule has 30 heavy (non-hydrogen) atoms. The van der Waals surface area contributed by atoms with E-state index in [0.717, 1.165) is 17.2 Å². The van der Waals surface area contributed by atoms with E-state index in [1.807, 2.05) is 0 Å². The van der Waals surface area contributed by atoms with Crippen LogP contribution in [0.25, 0.3) is 22.7 Å². The molecular formula is C19H11Cl4N3O4. The Morgan fingerprint density at radius 2 is 1.80 bits per heavy atom. The molecular weight excluding hydrogens is 476 g/mol. The van der Waals surface area contributed by atoms with Crippen molar-refractivity contribution in [2.75, 3.05) is 4.90 Å². The number of hydrogen-bond acceptors (Lipinski definition) is 5. The molecule has 0 spiro atoms. The number of carboxylic acid groups (broad SMARTS) is 1. The summed E-state index contributed by atoms with van der Waals surface area (Å²) in [6.07, 6.45) is 3.22. The van der Waals surface area contributed by atoms with Crippen molar-refractivity contribution < 1.29 is 19.2 Å². The van der Waals surface area contributed by atoms with E-state index >= 15 is 0 Å². The van der Waals surface area contributed by atoms with E-state index in [4.69, 9.17) is 56.0 Å². The maximum atomic E-state index is 12.3. The van der Waals surface area contributed by atoms with Gasteiger partial charge in [-0.2, -0.15) is 0 Å². The summed E-state index contributed by atoms with van der Waals surface area (Å²) in [6.45, 7) is 0. The molecule has 1 aromatic carbocycles. The third-order valence-electron chi connectivity index (χ3n) is 3.79. The summed E-state index contributed by atoms with van der Waals surface area (Å²) in [7, 11) is 0. The summed E-state index contributed by atoms with van der Waals surface area (Å²) >= 11 is 23.7. The maximum Gasteiger partial charge on any atom is 0.329 e. The Kier molecular flexibility index (Phi) is 6.99. The van der Waals surface area contributed by atoms with Crippen molar-refractivity contribution in [3.8, 4) is 22.7 Å². The summed E-state index contributed by atoms with van der Waals surface area (Å²) in [5.41, 5.74) is 1.48. The molecule has 2 heterocycles. The van der Waals surface area contributed by atoms with Crippen LogP contribution in [-0.4, -0.2) is 32.0 Å². The molecule has 0 saturated carbocycles. The standard InChI is InChI=1S/C19H11Cl4N3O4/c20-11-2-1-3-12(21)17(11)14-9-15(30-25-14)13-8-10(4-6-24-13)26(7-5-16(27)28)19(29)18(22)23/h1-9,18H,(H,27,28)/b7-5+. The van der Waals surface area contributed by atoms with Crippen LogP contribution in [0.5, 0.6) is 0 Å². The lowest BCUT2D eigenvalue weighted by molar-refractivity contribution is -0.131. The lowest BCUT2D eigenvalue weighted by atomic mass is 10.1. The minimum absolute atomic E-state index is 0.266. The number of aliphatic carboxylic acids is 1. The number of halogens is 4.